The van der Waals surface area contributed by atoms with Crippen molar-refractivity contribution in [3.8, 4) is 0 Å². The maximum Gasteiger partial charge on any atom is 0.123 e. The Bertz CT molecular complexity index is 566. The van der Waals surface area contributed by atoms with E-state index in [0.29, 0.717) is 6.42 Å². The Morgan fingerprint density at radius 1 is 1.16 bits per heavy atom. The van der Waals surface area contributed by atoms with Crippen LogP contribution in [0.2, 0.25) is 0 Å². The average Bonchev–Trinajstić information content (AvgIpc) is 2.37. The molecular formula is C16H19FN2. The summed E-state index contributed by atoms with van der Waals surface area (Å²) in [5.41, 5.74) is 7.33. The molecule has 100 valence electrons. The molecule has 19 heavy (non-hydrogen) atoms. The van der Waals surface area contributed by atoms with Gasteiger partial charge in [0.2, 0.25) is 0 Å². The van der Waals surface area contributed by atoms with Crippen LogP contribution in [0.5, 0.6) is 0 Å². The second-order valence-corrected chi connectivity index (χ2v) is 4.91. The molecule has 0 aliphatic carbocycles. The fourth-order valence-electron chi connectivity index (χ4n) is 2.37. The third-order valence-corrected chi connectivity index (χ3v) is 3.33. The van der Waals surface area contributed by atoms with Crippen LogP contribution in [-0.4, -0.2) is 0 Å². The Morgan fingerprint density at radius 2 is 1.95 bits per heavy atom. The van der Waals surface area contributed by atoms with Crippen LogP contribution in [0.3, 0.4) is 0 Å². The molecule has 0 saturated carbocycles. The number of benzene rings is 2. The van der Waals surface area contributed by atoms with Gasteiger partial charge in [-0.15, -0.1) is 0 Å². The van der Waals surface area contributed by atoms with Gasteiger partial charge in [-0.1, -0.05) is 35.9 Å². The lowest BCUT2D eigenvalue weighted by Gasteiger charge is -2.19. The SMILES string of the molecule is Cc1ccc(C(Cc2cccc(F)c2)NN)c(C)c1. The van der Waals surface area contributed by atoms with E-state index in [0.717, 1.165) is 11.1 Å². The number of hydrogen-bond acceptors (Lipinski definition) is 2. The van der Waals surface area contributed by atoms with Crippen LogP contribution in [0.1, 0.15) is 28.3 Å². The molecule has 0 amide bonds. The Labute approximate surface area is 113 Å². The van der Waals surface area contributed by atoms with E-state index in [4.69, 9.17) is 5.84 Å². The van der Waals surface area contributed by atoms with Gasteiger partial charge in [0.1, 0.15) is 5.82 Å². The molecule has 2 aromatic rings. The zero-order valence-electron chi connectivity index (χ0n) is 11.3. The van der Waals surface area contributed by atoms with Crippen molar-refractivity contribution in [2.24, 2.45) is 5.84 Å². The summed E-state index contributed by atoms with van der Waals surface area (Å²) in [6.07, 6.45) is 0.665. The average molecular weight is 258 g/mol. The first-order chi connectivity index (χ1) is 9.10. The van der Waals surface area contributed by atoms with E-state index in [2.05, 4.69) is 37.5 Å². The molecule has 1 atom stereocenters. The minimum Gasteiger partial charge on any atom is -0.271 e. The number of nitrogens with two attached hydrogens (primary N) is 1. The zero-order valence-corrected chi connectivity index (χ0v) is 11.3. The molecule has 0 aromatic heterocycles. The Balaban J connectivity index is 2.25. The summed E-state index contributed by atoms with van der Waals surface area (Å²) in [6, 6.07) is 12.9. The molecule has 2 aromatic carbocycles. The highest BCUT2D eigenvalue weighted by Crippen LogP contribution is 2.22. The van der Waals surface area contributed by atoms with Gasteiger partial charge in [0, 0.05) is 0 Å². The van der Waals surface area contributed by atoms with Crippen molar-refractivity contribution >= 4 is 0 Å². The van der Waals surface area contributed by atoms with Gasteiger partial charge in [0.15, 0.2) is 0 Å². The third-order valence-electron chi connectivity index (χ3n) is 3.33. The molecule has 0 fully saturated rings. The lowest BCUT2D eigenvalue weighted by Crippen LogP contribution is -2.30. The van der Waals surface area contributed by atoms with Crippen molar-refractivity contribution < 1.29 is 4.39 Å². The van der Waals surface area contributed by atoms with Crippen LogP contribution < -0.4 is 11.3 Å². The molecule has 0 saturated heterocycles. The summed E-state index contributed by atoms with van der Waals surface area (Å²) in [5, 5.41) is 0. The van der Waals surface area contributed by atoms with Crippen molar-refractivity contribution in [1.29, 1.82) is 0 Å². The third kappa shape index (κ3) is 3.40. The van der Waals surface area contributed by atoms with Gasteiger partial charge in [-0.05, 0) is 49.1 Å². The molecule has 0 heterocycles. The second kappa shape index (κ2) is 5.95. The van der Waals surface area contributed by atoms with E-state index in [9.17, 15) is 4.39 Å². The molecule has 3 N–H and O–H groups in total. The van der Waals surface area contributed by atoms with Crippen molar-refractivity contribution in [3.05, 3.63) is 70.5 Å². The van der Waals surface area contributed by atoms with E-state index in [-0.39, 0.29) is 11.9 Å². The van der Waals surface area contributed by atoms with E-state index in [1.807, 2.05) is 6.07 Å². The molecule has 0 aliphatic heterocycles. The Kier molecular flexibility index (Phi) is 4.30. The number of aryl methyl sites for hydroxylation is 2. The Hall–Kier alpha value is -1.71. The highest BCUT2D eigenvalue weighted by Gasteiger charge is 2.13. The van der Waals surface area contributed by atoms with Gasteiger partial charge in [-0.2, -0.15) is 0 Å². The molecule has 0 radical (unpaired) electrons. The lowest BCUT2D eigenvalue weighted by atomic mass is 9.94. The molecule has 3 heteroatoms. The number of hydrogen-bond donors (Lipinski definition) is 2. The summed E-state index contributed by atoms with van der Waals surface area (Å²) in [6.45, 7) is 4.13. The topological polar surface area (TPSA) is 38.0 Å². The van der Waals surface area contributed by atoms with Gasteiger partial charge in [-0.3, -0.25) is 11.3 Å². The molecular weight excluding hydrogens is 239 g/mol. The van der Waals surface area contributed by atoms with E-state index in [1.54, 1.807) is 12.1 Å². The van der Waals surface area contributed by atoms with Crippen LogP contribution in [0.15, 0.2) is 42.5 Å². The highest BCUT2D eigenvalue weighted by molar-refractivity contribution is 5.34. The smallest absolute Gasteiger partial charge is 0.123 e. The van der Waals surface area contributed by atoms with E-state index < -0.39 is 0 Å². The maximum absolute atomic E-state index is 13.2. The van der Waals surface area contributed by atoms with Crippen LogP contribution in [-0.2, 0) is 6.42 Å². The van der Waals surface area contributed by atoms with Gasteiger partial charge in [0.05, 0.1) is 6.04 Å². The number of nitrogens with one attached hydrogen (secondary N) is 1. The lowest BCUT2D eigenvalue weighted by molar-refractivity contribution is 0.546. The number of hydrazine groups is 1. The maximum atomic E-state index is 13.2. The summed E-state index contributed by atoms with van der Waals surface area (Å²) < 4.78 is 13.2. The molecule has 2 nitrogen and oxygen atoms in total. The summed E-state index contributed by atoms with van der Waals surface area (Å²) >= 11 is 0. The number of rotatable bonds is 4. The van der Waals surface area contributed by atoms with Crippen molar-refractivity contribution in [2.75, 3.05) is 0 Å². The molecule has 1 unspecified atom stereocenters. The van der Waals surface area contributed by atoms with E-state index in [1.165, 1.54) is 17.2 Å². The fourth-order valence-corrected chi connectivity index (χ4v) is 2.37. The standard InChI is InChI=1S/C16H19FN2/c1-11-6-7-15(12(2)8-11)16(19-18)10-13-4-3-5-14(17)9-13/h3-9,16,19H,10,18H2,1-2H3. The van der Waals surface area contributed by atoms with E-state index >= 15 is 0 Å². The van der Waals surface area contributed by atoms with Crippen molar-refractivity contribution in [2.45, 2.75) is 26.3 Å². The van der Waals surface area contributed by atoms with Crippen LogP contribution >= 0.6 is 0 Å². The van der Waals surface area contributed by atoms with Crippen molar-refractivity contribution in [3.63, 3.8) is 0 Å². The molecule has 0 spiro atoms. The molecule has 0 bridgehead atoms. The summed E-state index contributed by atoms with van der Waals surface area (Å²) in [7, 11) is 0. The fraction of sp³-hybridized carbons (Fsp3) is 0.250. The van der Waals surface area contributed by atoms with Crippen LogP contribution in [0, 0.1) is 19.7 Å². The summed E-state index contributed by atoms with van der Waals surface area (Å²) in [4.78, 5) is 0. The first kappa shape index (κ1) is 13.7. The number of halogens is 1. The minimum absolute atomic E-state index is 0.0117. The zero-order chi connectivity index (χ0) is 13.8. The monoisotopic (exact) mass is 258 g/mol. The van der Waals surface area contributed by atoms with Gasteiger partial charge in [-0.25, -0.2) is 4.39 Å². The van der Waals surface area contributed by atoms with Gasteiger partial charge in [0.25, 0.3) is 0 Å². The normalized spacial score (nSPS) is 12.4. The predicted octanol–water partition coefficient (Wildman–Crippen LogP) is 3.19. The molecule has 0 aliphatic rings. The van der Waals surface area contributed by atoms with Gasteiger partial charge >= 0.3 is 0 Å². The minimum atomic E-state index is -0.214. The quantitative estimate of drug-likeness (QED) is 0.653. The summed E-state index contributed by atoms with van der Waals surface area (Å²) in [5.74, 6) is 5.44. The van der Waals surface area contributed by atoms with Crippen molar-refractivity contribution in [1.82, 2.24) is 5.43 Å². The second-order valence-electron chi connectivity index (χ2n) is 4.91. The first-order valence-electron chi connectivity index (χ1n) is 6.38. The van der Waals surface area contributed by atoms with Gasteiger partial charge < -0.3 is 0 Å². The molecule has 2 rings (SSSR count). The van der Waals surface area contributed by atoms with Crippen LogP contribution in [0.4, 0.5) is 4.39 Å². The Morgan fingerprint density at radius 3 is 2.58 bits per heavy atom. The van der Waals surface area contributed by atoms with Crippen LogP contribution in [0.25, 0.3) is 0 Å². The predicted molar refractivity (Wildman–Crippen MR) is 76.1 cm³/mol. The largest absolute Gasteiger partial charge is 0.271 e. The first-order valence-corrected chi connectivity index (χ1v) is 6.38. The highest BCUT2D eigenvalue weighted by atomic mass is 19.1.